The summed E-state index contributed by atoms with van der Waals surface area (Å²) in [6, 6.07) is 12.7. The van der Waals surface area contributed by atoms with Crippen LogP contribution in [-0.4, -0.2) is 58.7 Å². The van der Waals surface area contributed by atoms with E-state index in [1.54, 1.807) is 37.4 Å². The highest BCUT2D eigenvalue weighted by Gasteiger charge is 2.20. The van der Waals surface area contributed by atoms with Crippen molar-refractivity contribution in [2.75, 3.05) is 54.9 Å². The Labute approximate surface area is 218 Å². The third-order valence-electron chi connectivity index (χ3n) is 6.50. The maximum atomic E-state index is 14.9. The van der Waals surface area contributed by atoms with Gasteiger partial charge in [0.1, 0.15) is 23.5 Å². The van der Waals surface area contributed by atoms with Crippen LogP contribution in [0.5, 0.6) is 0 Å². The minimum absolute atomic E-state index is 0.0449. The van der Waals surface area contributed by atoms with E-state index in [0.29, 0.717) is 53.0 Å². The van der Waals surface area contributed by atoms with Crippen LogP contribution in [0.1, 0.15) is 31.2 Å². The molecule has 2 fully saturated rings. The molecule has 0 unspecified atom stereocenters. The van der Waals surface area contributed by atoms with Crippen molar-refractivity contribution < 1.29 is 13.0 Å². The number of benzene rings is 2. The van der Waals surface area contributed by atoms with Crippen LogP contribution in [0.3, 0.4) is 0 Å². The Kier molecular flexibility index (Phi) is 9.25. The zero-order valence-electron chi connectivity index (χ0n) is 21.0. The fourth-order valence-electron chi connectivity index (χ4n) is 4.41. The van der Waals surface area contributed by atoms with Gasteiger partial charge in [-0.3, -0.25) is 4.21 Å². The van der Waals surface area contributed by atoms with Gasteiger partial charge in [-0.25, -0.2) is 13.5 Å². The molecule has 0 radical (unpaired) electrons. The van der Waals surface area contributed by atoms with E-state index in [2.05, 4.69) is 15.7 Å². The summed E-state index contributed by atoms with van der Waals surface area (Å²) < 4.78 is 42.2. The lowest BCUT2D eigenvalue weighted by Gasteiger charge is -2.28. The highest BCUT2D eigenvalue weighted by atomic mass is 32.2. The van der Waals surface area contributed by atoms with Gasteiger partial charge in [-0.05, 0) is 50.2 Å². The van der Waals surface area contributed by atoms with Crippen LogP contribution in [0.15, 0.2) is 42.5 Å². The van der Waals surface area contributed by atoms with Crippen molar-refractivity contribution >= 4 is 22.3 Å². The van der Waals surface area contributed by atoms with Crippen LogP contribution in [0.2, 0.25) is 0 Å². The van der Waals surface area contributed by atoms with Gasteiger partial charge in [-0.1, -0.05) is 18.9 Å². The molecule has 0 saturated carbocycles. The standard InChI is InChI=1S/C21H19F2N5OS.C6H13N/c1-25-21-12-20(14-2-3-15(13-24)17(22)10-14)28(26-21)16-4-5-19(18(23)11-16)27-6-8-30(29)9-7-27;1-2-4-6-7-5-3-1/h2-5,10-12H,6-9H2,1H3,(H,25,26);7H,1-6H2. The summed E-state index contributed by atoms with van der Waals surface area (Å²) in [4.78, 5) is 1.89. The van der Waals surface area contributed by atoms with Crippen LogP contribution in [-0.2, 0) is 10.8 Å². The molecule has 5 rings (SSSR count). The number of halogens is 2. The van der Waals surface area contributed by atoms with Crippen molar-refractivity contribution in [1.29, 1.82) is 5.26 Å². The minimum Gasteiger partial charge on any atom is -0.372 e. The van der Waals surface area contributed by atoms with E-state index in [4.69, 9.17) is 5.26 Å². The molecular formula is C27H32F2N6OS. The number of anilines is 2. The predicted octanol–water partition coefficient (Wildman–Crippen LogP) is 4.45. The summed E-state index contributed by atoms with van der Waals surface area (Å²) in [7, 11) is 0.870. The highest BCUT2D eigenvalue weighted by molar-refractivity contribution is 7.85. The number of hydrogen-bond donors (Lipinski definition) is 2. The lowest BCUT2D eigenvalue weighted by Crippen LogP contribution is -2.38. The van der Waals surface area contributed by atoms with E-state index >= 15 is 0 Å². The van der Waals surface area contributed by atoms with E-state index in [1.807, 2.05) is 4.90 Å². The molecule has 0 spiro atoms. The van der Waals surface area contributed by atoms with Gasteiger partial charge in [-0.15, -0.1) is 5.10 Å². The van der Waals surface area contributed by atoms with Crippen LogP contribution in [0, 0.1) is 23.0 Å². The number of nitrogens with one attached hydrogen (secondary N) is 2. The first-order valence-electron chi connectivity index (χ1n) is 12.6. The average Bonchev–Trinajstić information content (AvgIpc) is 3.12. The molecule has 2 aliphatic rings. The molecule has 3 aromatic rings. The first-order chi connectivity index (χ1) is 18.0. The number of aromatic nitrogens is 2. The Morgan fingerprint density at radius 2 is 1.73 bits per heavy atom. The maximum Gasteiger partial charge on any atom is 0.148 e. The van der Waals surface area contributed by atoms with E-state index in [9.17, 15) is 13.0 Å². The summed E-state index contributed by atoms with van der Waals surface area (Å²) >= 11 is 0. The number of nitrogens with zero attached hydrogens (tertiary/aromatic N) is 4. The largest absolute Gasteiger partial charge is 0.372 e. The molecule has 1 aromatic heterocycles. The van der Waals surface area contributed by atoms with Gasteiger partial charge in [-0.2, -0.15) is 5.26 Å². The summed E-state index contributed by atoms with van der Waals surface area (Å²) in [5.41, 5.74) is 1.98. The van der Waals surface area contributed by atoms with Crippen molar-refractivity contribution in [3.63, 3.8) is 0 Å². The van der Waals surface area contributed by atoms with Crippen LogP contribution in [0.25, 0.3) is 16.9 Å². The zero-order chi connectivity index (χ0) is 26.2. The van der Waals surface area contributed by atoms with Gasteiger partial charge >= 0.3 is 0 Å². The molecule has 0 amide bonds. The smallest absolute Gasteiger partial charge is 0.148 e. The number of hydrogen-bond acceptors (Lipinski definition) is 6. The molecule has 0 atom stereocenters. The molecule has 7 nitrogen and oxygen atoms in total. The van der Waals surface area contributed by atoms with Crippen LogP contribution < -0.4 is 15.5 Å². The molecular weight excluding hydrogens is 494 g/mol. The minimum atomic E-state index is -0.838. The van der Waals surface area contributed by atoms with Gasteiger partial charge in [0.2, 0.25) is 0 Å². The fourth-order valence-corrected chi connectivity index (χ4v) is 5.46. The third-order valence-corrected chi connectivity index (χ3v) is 7.78. The Balaban J connectivity index is 0.000000396. The van der Waals surface area contributed by atoms with Crippen LogP contribution in [0.4, 0.5) is 20.3 Å². The molecule has 2 aliphatic heterocycles. The average molecular weight is 527 g/mol. The summed E-state index contributed by atoms with van der Waals surface area (Å²) in [6.07, 6.45) is 5.65. The fraction of sp³-hybridized carbons (Fsp3) is 0.407. The lowest BCUT2D eigenvalue weighted by molar-refractivity contribution is 0.615. The first kappa shape index (κ1) is 26.8. The number of nitriles is 1. The summed E-state index contributed by atoms with van der Waals surface area (Å²) in [6.45, 7) is 3.59. The molecule has 3 heterocycles. The molecule has 0 aliphatic carbocycles. The van der Waals surface area contributed by atoms with Crippen molar-refractivity contribution in [3.05, 3.63) is 59.7 Å². The molecule has 0 bridgehead atoms. The topological polar surface area (TPSA) is 86.0 Å². The van der Waals surface area contributed by atoms with Gasteiger partial charge in [0, 0.05) is 60.1 Å². The quantitative estimate of drug-likeness (QED) is 0.523. The third kappa shape index (κ3) is 6.73. The Hall–Kier alpha value is -3.29. The monoisotopic (exact) mass is 526 g/mol. The van der Waals surface area contributed by atoms with E-state index in [-0.39, 0.29) is 5.56 Å². The van der Waals surface area contributed by atoms with Gasteiger partial charge in [0.15, 0.2) is 0 Å². The van der Waals surface area contributed by atoms with E-state index in [0.717, 1.165) is 0 Å². The SMILES string of the molecule is C1CCCNCC1.CNc1cc(-c2ccc(C#N)c(F)c2)n(-c2ccc(N3CCS(=O)CC3)c(F)c2)n1. The second-order valence-corrected chi connectivity index (χ2v) is 10.7. The second kappa shape index (κ2) is 12.8. The van der Waals surface area contributed by atoms with Gasteiger partial charge in [0.05, 0.1) is 22.6 Å². The molecule has 37 heavy (non-hydrogen) atoms. The number of rotatable bonds is 4. The molecule has 2 aromatic carbocycles. The zero-order valence-corrected chi connectivity index (χ0v) is 21.8. The van der Waals surface area contributed by atoms with Crippen molar-refractivity contribution in [3.8, 4) is 23.0 Å². The molecule has 10 heteroatoms. The van der Waals surface area contributed by atoms with E-state index < -0.39 is 22.4 Å². The van der Waals surface area contributed by atoms with Crippen LogP contribution >= 0.6 is 0 Å². The second-order valence-electron chi connectivity index (χ2n) is 9.02. The lowest BCUT2D eigenvalue weighted by atomic mass is 10.1. The Morgan fingerprint density at radius 1 is 1.00 bits per heavy atom. The summed E-state index contributed by atoms with van der Waals surface area (Å²) in [5, 5.41) is 19.7. The van der Waals surface area contributed by atoms with Crippen molar-refractivity contribution in [2.24, 2.45) is 0 Å². The Morgan fingerprint density at radius 3 is 2.35 bits per heavy atom. The Bertz CT molecular complexity index is 1260. The van der Waals surface area contributed by atoms with Crippen molar-refractivity contribution in [2.45, 2.75) is 25.7 Å². The normalized spacial score (nSPS) is 16.3. The van der Waals surface area contributed by atoms with Gasteiger partial charge in [0.25, 0.3) is 0 Å². The molecule has 2 saturated heterocycles. The van der Waals surface area contributed by atoms with E-state index in [1.165, 1.54) is 61.7 Å². The first-order valence-corrected chi connectivity index (χ1v) is 14.1. The maximum absolute atomic E-state index is 14.9. The predicted molar refractivity (Wildman–Crippen MR) is 145 cm³/mol. The van der Waals surface area contributed by atoms with Crippen molar-refractivity contribution in [1.82, 2.24) is 15.1 Å². The molecule has 196 valence electrons. The summed E-state index contributed by atoms with van der Waals surface area (Å²) in [5.74, 6) is 0.565. The highest BCUT2D eigenvalue weighted by Crippen LogP contribution is 2.30. The van der Waals surface area contributed by atoms with Gasteiger partial charge < -0.3 is 15.5 Å². The molecule has 2 N–H and O–H groups in total.